The van der Waals surface area contributed by atoms with E-state index in [4.69, 9.17) is 0 Å². The molecule has 0 aliphatic carbocycles. The van der Waals surface area contributed by atoms with E-state index in [0.29, 0.717) is 10.7 Å². The third-order valence-corrected chi connectivity index (χ3v) is 4.90. The number of thiazole rings is 1. The Hall–Kier alpha value is -1.98. The van der Waals surface area contributed by atoms with Crippen LogP contribution in [0.4, 0.5) is 5.13 Å². The molecule has 1 N–H and O–H groups in total. The van der Waals surface area contributed by atoms with E-state index in [-0.39, 0.29) is 5.91 Å². The van der Waals surface area contributed by atoms with Crippen molar-refractivity contribution in [2.24, 2.45) is 0 Å². The van der Waals surface area contributed by atoms with Crippen molar-refractivity contribution in [1.29, 1.82) is 0 Å². The van der Waals surface area contributed by atoms with Crippen molar-refractivity contribution < 1.29 is 4.79 Å². The maximum Gasteiger partial charge on any atom is 0.258 e. The topological polar surface area (TPSA) is 42.0 Å². The van der Waals surface area contributed by atoms with Crippen molar-refractivity contribution in [3.05, 3.63) is 57.6 Å². The number of anilines is 1. The highest BCUT2D eigenvalue weighted by molar-refractivity contribution is 7.14. The third kappa shape index (κ3) is 3.20. The summed E-state index contributed by atoms with van der Waals surface area (Å²) < 4.78 is 0. The number of carbonyl (C=O) groups excluding carboxylic acids is 1. The molecule has 2 heterocycles. The lowest BCUT2D eigenvalue weighted by Gasteiger charge is -1.98. The minimum absolute atomic E-state index is 0.0973. The van der Waals surface area contributed by atoms with Crippen LogP contribution in [0.25, 0.3) is 11.3 Å². The molecule has 1 aromatic carbocycles. The minimum atomic E-state index is -0.0973. The summed E-state index contributed by atoms with van der Waals surface area (Å²) in [5.74, 6) is -0.0973. The van der Waals surface area contributed by atoms with Gasteiger partial charge in [-0.15, -0.1) is 22.7 Å². The van der Waals surface area contributed by atoms with Crippen LogP contribution in [0.3, 0.4) is 0 Å². The van der Waals surface area contributed by atoms with Crippen LogP contribution in [-0.4, -0.2) is 10.9 Å². The van der Waals surface area contributed by atoms with Gasteiger partial charge in [0.05, 0.1) is 11.3 Å². The maximum atomic E-state index is 12.2. The highest BCUT2D eigenvalue weighted by Crippen LogP contribution is 2.25. The molecule has 0 saturated heterocycles. The third-order valence-electron chi connectivity index (χ3n) is 3.06. The molecule has 21 heavy (non-hydrogen) atoms. The van der Waals surface area contributed by atoms with Gasteiger partial charge < -0.3 is 0 Å². The number of carbonyl (C=O) groups is 1. The molecule has 5 heteroatoms. The first-order valence-corrected chi connectivity index (χ1v) is 8.42. The number of hydrogen-bond donors (Lipinski definition) is 1. The smallest absolute Gasteiger partial charge is 0.258 e. The van der Waals surface area contributed by atoms with Crippen molar-refractivity contribution in [1.82, 2.24) is 4.98 Å². The van der Waals surface area contributed by atoms with Gasteiger partial charge in [0.25, 0.3) is 5.91 Å². The highest BCUT2D eigenvalue weighted by Gasteiger charge is 2.11. The van der Waals surface area contributed by atoms with Crippen LogP contribution >= 0.6 is 22.7 Å². The quantitative estimate of drug-likeness (QED) is 0.759. The van der Waals surface area contributed by atoms with Crippen LogP contribution in [0.15, 0.2) is 47.2 Å². The van der Waals surface area contributed by atoms with Crippen LogP contribution in [0, 0.1) is 0 Å². The number of benzene rings is 1. The largest absolute Gasteiger partial charge is 0.298 e. The predicted molar refractivity (Wildman–Crippen MR) is 89.2 cm³/mol. The van der Waals surface area contributed by atoms with E-state index in [1.165, 1.54) is 16.2 Å². The fourth-order valence-corrected chi connectivity index (χ4v) is 3.46. The Labute approximate surface area is 131 Å². The van der Waals surface area contributed by atoms with Gasteiger partial charge in [0.15, 0.2) is 5.13 Å². The van der Waals surface area contributed by atoms with E-state index in [1.807, 2.05) is 47.2 Å². The molecule has 3 aromatic rings. The number of aryl methyl sites for hydroxylation is 1. The Balaban J connectivity index is 1.74. The zero-order valence-electron chi connectivity index (χ0n) is 11.5. The van der Waals surface area contributed by atoms with Crippen molar-refractivity contribution in [3.63, 3.8) is 0 Å². The number of thiophene rings is 1. The molecule has 0 unspecified atom stereocenters. The summed E-state index contributed by atoms with van der Waals surface area (Å²) in [5.41, 5.74) is 2.64. The summed E-state index contributed by atoms with van der Waals surface area (Å²) >= 11 is 3.05. The molecule has 3 nitrogen and oxygen atoms in total. The second-order valence-electron chi connectivity index (χ2n) is 4.51. The van der Waals surface area contributed by atoms with Gasteiger partial charge in [-0.2, -0.15) is 0 Å². The fraction of sp³-hybridized carbons (Fsp3) is 0.125. The monoisotopic (exact) mass is 314 g/mol. The van der Waals surface area contributed by atoms with Crippen molar-refractivity contribution in [2.45, 2.75) is 13.3 Å². The summed E-state index contributed by atoms with van der Waals surface area (Å²) in [6.45, 7) is 2.08. The van der Waals surface area contributed by atoms with E-state index in [0.717, 1.165) is 17.7 Å². The van der Waals surface area contributed by atoms with Gasteiger partial charge in [-0.05, 0) is 12.5 Å². The molecule has 3 rings (SSSR count). The van der Waals surface area contributed by atoms with E-state index in [2.05, 4.69) is 17.2 Å². The summed E-state index contributed by atoms with van der Waals surface area (Å²) in [7, 11) is 0. The van der Waals surface area contributed by atoms with Crippen molar-refractivity contribution >= 4 is 33.7 Å². The zero-order valence-corrected chi connectivity index (χ0v) is 13.1. The van der Waals surface area contributed by atoms with Gasteiger partial charge in [0.1, 0.15) is 0 Å². The first-order chi connectivity index (χ1) is 10.3. The molecule has 0 saturated carbocycles. The molecule has 0 bridgehead atoms. The molecule has 0 atom stereocenters. The van der Waals surface area contributed by atoms with Crippen molar-refractivity contribution in [2.75, 3.05) is 5.32 Å². The number of amides is 1. The number of nitrogens with one attached hydrogen (secondary N) is 1. The second-order valence-corrected chi connectivity index (χ2v) is 6.37. The summed E-state index contributed by atoms with van der Waals surface area (Å²) in [6.07, 6.45) is 0.952. The molecule has 2 aromatic heterocycles. The van der Waals surface area contributed by atoms with Gasteiger partial charge in [-0.1, -0.05) is 37.3 Å². The van der Waals surface area contributed by atoms with Crippen LogP contribution in [0.1, 0.15) is 22.2 Å². The highest BCUT2D eigenvalue weighted by atomic mass is 32.1. The number of hydrogen-bond acceptors (Lipinski definition) is 4. The Morgan fingerprint density at radius 3 is 2.71 bits per heavy atom. The molecule has 0 aliphatic rings. The predicted octanol–water partition coefficient (Wildman–Crippen LogP) is 4.69. The van der Waals surface area contributed by atoms with Crippen LogP contribution in [0.5, 0.6) is 0 Å². The number of rotatable bonds is 4. The molecule has 1 amide bonds. The maximum absolute atomic E-state index is 12.2. The first kappa shape index (κ1) is 14.0. The van der Waals surface area contributed by atoms with E-state index >= 15 is 0 Å². The lowest BCUT2D eigenvalue weighted by molar-refractivity contribution is 0.102. The molecule has 106 valence electrons. The number of nitrogens with zero attached hydrogens (tertiary/aromatic N) is 1. The Bertz CT molecular complexity index is 746. The summed E-state index contributed by atoms with van der Waals surface area (Å²) in [6, 6.07) is 11.9. The van der Waals surface area contributed by atoms with E-state index in [9.17, 15) is 4.79 Å². The van der Waals surface area contributed by atoms with Gasteiger partial charge >= 0.3 is 0 Å². The minimum Gasteiger partial charge on any atom is -0.298 e. The Morgan fingerprint density at radius 2 is 2.00 bits per heavy atom. The van der Waals surface area contributed by atoms with Gasteiger partial charge in [0, 0.05) is 21.2 Å². The molecular weight excluding hydrogens is 300 g/mol. The lowest BCUT2D eigenvalue weighted by atomic mass is 10.2. The summed E-state index contributed by atoms with van der Waals surface area (Å²) in [4.78, 5) is 17.8. The normalized spacial score (nSPS) is 10.5. The number of aromatic nitrogens is 1. The molecule has 0 spiro atoms. The molecule has 0 aliphatic heterocycles. The zero-order chi connectivity index (χ0) is 14.7. The van der Waals surface area contributed by atoms with Gasteiger partial charge in [-0.25, -0.2) is 4.98 Å². The molecule has 0 fully saturated rings. The SMILES string of the molecule is CCc1cc(C(=O)Nc2nc(-c3ccccc3)cs2)cs1. The molecule has 0 radical (unpaired) electrons. The average molecular weight is 314 g/mol. The summed E-state index contributed by atoms with van der Waals surface area (Å²) in [5, 5.41) is 7.33. The van der Waals surface area contributed by atoms with Crippen LogP contribution in [0.2, 0.25) is 0 Å². The van der Waals surface area contributed by atoms with E-state index in [1.54, 1.807) is 11.3 Å². The van der Waals surface area contributed by atoms with Crippen molar-refractivity contribution in [3.8, 4) is 11.3 Å². The van der Waals surface area contributed by atoms with Gasteiger partial charge in [-0.3, -0.25) is 10.1 Å². The lowest BCUT2D eigenvalue weighted by Crippen LogP contribution is -2.10. The average Bonchev–Trinajstić information content (AvgIpc) is 3.17. The second kappa shape index (κ2) is 6.20. The van der Waals surface area contributed by atoms with Crippen LogP contribution in [-0.2, 0) is 6.42 Å². The van der Waals surface area contributed by atoms with Gasteiger partial charge in [0.2, 0.25) is 0 Å². The Kier molecular flexibility index (Phi) is 4.13. The molecular formula is C16H14N2OS2. The van der Waals surface area contributed by atoms with E-state index < -0.39 is 0 Å². The first-order valence-electron chi connectivity index (χ1n) is 6.66. The fourth-order valence-electron chi connectivity index (χ4n) is 1.93. The standard InChI is InChI=1S/C16H14N2OS2/c1-2-13-8-12(9-20-13)15(19)18-16-17-14(10-21-16)11-6-4-3-5-7-11/h3-10H,2H2,1H3,(H,17,18,19). The Morgan fingerprint density at radius 1 is 1.19 bits per heavy atom. The van der Waals surface area contributed by atoms with Crippen LogP contribution < -0.4 is 5.32 Å².